The van der Waals surface area contributed by atoms with Crippen molar-refractivity contribution in [3.63, 3.8) is 0 Å². The van der Waals surface area contributed by atoms with Crippen molar-refractivity contribution in [3.8, 4) is 0 Å². The number of carbonyl (C=O) groups excluding carboxylic acids is 1. The molecule has 5 nitrogen and oxygen atoms in total. The van der Waals surface area contributed by atoms with Crippen LogP contribution in [0.25, 0.3) is 0 Å². The summed E-state index contributed by atoms with van der Waals surface area (Å²) in [6.45, 7) is 4.23. The first-order chi connectivity index (χ1) is 12.8. The number of rotatable bonds is 9. The number of hydrogen-bond acceptors (Lipinski definition) is 4. The van der Waals surface area contributed by atoms with Crippen molar-refractivity contribution in [2.24, 2.45) is 0 Å². The van der Waals surface area contributed by atoms with Gasteiger partial charge < -0.3 is 5.32 Å². The average Bonchev–Trinajstić information content (AvgIpc) is 2.60. The molecular formula is C20H26N2O3S2. The maximum absolute atomic E-state index is 12.2. The van der Waals surface area contributed by atoms with Gasteiger partial charge in [-0.2, -0.15) is 11.8 Å². The molecule has 27 heavy (non-hydrogen) atoms. The summed E-state index contributed by atoms with van der Waals surface area (Å²) in [6, 6.07) is 15.5. The lowest BCUT2D eigenvalue weighted by Gasteiger charge is -2.22. The maximum Gasteiger partial charge on any atom is 0.240 e. The maximum atomic E-state index is 12.2. The van der Waals surface area contributed by atoms with Crippen LogP contribution in [0.2, 0.25) is 0 Å². The Balaban J connectivity index is 1.81. The topological polar surface area (TPSA) is 66.5 Å². The summed E-state index contributed by atoms with van der Waals surface area (Å²) in [5.74, 6) is 1.34. The first-order valence-corrected chi connectivity index (χ1v) is 11.7. The van der Waals surface area contributed by atoms with Gasteiger partial charge in [-0.3, -0.25) is 9.10 Å². The molecule has 7 heteroatoms. The standard InChI is InChI=1S/C20H26N2O3S2/c1-16-7-9-18(10-8-16)15-26-12-11-21-20(23)14-22(27(3,24)25)19-6-4-5-17(2)13-19/h4-10,13H,11-12,14-15H2,1-3H3,(H,21,23). The number of carbonyl (C=O) groups is 1. The molecule has 0 aliphatic heterocycles. The summed E-state index contributed by atoms with van der Waals surface area (Å²) in [4.78, 5) is 12.2. The van der Waals surface area contributed by atoms with Crippen molar-refractivity contribution in [1.82, 2.24) is 5.32 Å². The number of hydrogen-bond donors (Lipinski definition) is 1. The molecule has 0 saturated heterocycles. The molecule has 1 amide bonds. The third-order valence-corrected chi connectivity index (χ3v) is 6.11. The van der Waals surface area contributed by atoms with E-state index in [1.54, 1.807) is 30.0 Å². The van der Waals surface area contributed by atoms with Gasteiger partial charge >= 0.3 is 0 Å². The minimum Gasteiger partial charge on any atom is -0.354 e. The van der Waals surface area contributed by atoms with Crippen LogP contribution in [0.15, 0.2) is 48.5 Å². The van der Waals surface area contributed by atoms with Gasteiger partial charge in [-0.15, -0.1) is 0 Å². The van der Waals surface area contributed by atoms with Crippen molar-refractivity contribution < 1.29 is 13.2 Å². The Bertz CT molecular complexity index is 865. The van der Waals surface area contributed by atoms with E-state index in [4.69, 9.17) is 0 Å². The molecule has 0 aromatic heterocycles. The lowest BCUT2D eigenvalue weighted by Crippen LogP contribution is -2.41. The van der Waals surface area contributed by atoms with Gasteiger partial charge in [0, 0.05) is 18.1 Å². The van der Waals surface area contributed by atoms with E-state index in [1.807, 2.05) is 13.0 Å². The van der Waals surface area contributed by atoms with E-state index in [2.05, 4.69) is 36.5 Å². The molecule has 0 radical (unpaired) electrons. The molecular weight excluding hydrogens is 380 g/mol. The van der Waals surface area contributed by atoms with Gasteiger partial charge in [0.15, 0.2) is 0 Å². The molecule has 2 aromatic rings. The van der Waals surface area contributed by atoms with Gasteiger partial charge in [0.1, 0.15) is 6.54 Å². The number of anilines is 1. The third-order valence-electron chi connectivity index (χ3n) is 3.94. The first kappa shape index (κ1) is 21.3. The summed E-state index contributed by atoms with van der Waals surface area (Å²) >= 11 is 1.73. The second-order valence-corrected chi connectivity index (χ2v) is 9.51. The summed E-state index contributed by atoms with van der Waals surface area (Å²) in [6.07, 6.45) is 1.11. The molecule has 146 valence electrons. The molecule has 0 bridgehead atoms. The van der Waals surface area contributed by atoms with E-state index in [-0.39, 0.29) is 12.5 Å². The van der Waals surface area contributed by atoms with Crippen LogP contribution in [0, 0.1) is 13.8 Å². The lowest BCUT2D eigenvalue weighted by atomic mass is 10.2. The number of nitrogens with one attached hydrogen (secondary N) is 1. The fourth-order valence-electron chi connectivity index (χ4n) is 2.51. The van der Waals surface area contributed by atoms with Crippen LogP contribution in [0.1, 0.15) is 16.7 Å². The quantitative estimate of drug-likeness (QED) is 0.650. The molecule has 0 aliphatic carbocycles. The molecule has 0 saturated carbocycles. The van der Waals surface area contributed by atoms with Gasteiger partial charge in [-0.1, -0.05) is 42.0 Å². The van der Waals surface area contributed by atoms with Crippen LogP contribution in [0.3, 0.4) is 0 Å². The predicted octanol–water partition coefficient (Wildman–Crippen LogP) is 3.12. The highest BCUT2D eigenvalue weighted by Gasteiger charge is 2.20. The Morgan fingerprint density at radius 3 is 2.41 bits per heavy atom. The number of sulfonamides is 1. The zero-order valence-electron chi connectivity index (χ0n) is 15.9. The van der Waals surface area contributed by atoms with E-state index < -0.39 is 10.0 Å². The van der Waals surface area contributed by atoms with Gasteiger partial charge in [0.05, 0.1) is 11.9 Å². The van der Waals surface area contributed by atoms with E-state index >= 15 is 0 Å². The smallest absolute Gasteiger partial charge is 0.240 e. The van der Waals surface area contributed by atoms with Crippen molar-refractivity contribution in [2.45, 2.75) is 19.6 Å². The molecule has 0 fully saturated rings. The minimum atomic E-state index is -3.54. The van der Waals surface area contributed by atoms with Gasteiger partial charge in [-0.25, -0.2) is 8.42 Å². The van der Waals surface area contributed by atoms with Crippen molar-refractivity contribution in [2.75, 3.05) is 29.4 Å². The van der Waals surface area contributed by atoms with Crippen molar-refractivity contribution >= 4 is 33.4 Å². The number of benzene rings is 2. The molecule has 0 atom stereocenters. The normalized spacial score (nSPS) is 11.2. The second kappa shape index (κ2) is 9.80. The van der Waals surface area contributed by atoms with E-state index in [9.17, 15) is 13.2 Å². The lowest BCUT2D eigenvalue weighted by molar-refractivity contribution is -0.119. The molecule has 0 unspecified atom stereocenters. The number of amides is 1. The van der Waals surface area contributed by atoms with Gasteiger partial charge in [0.25, 0.3) is 0 Å². The number of thioether (sulfide) groups is 1. The van der Waals surface area contributed by atoms with Crippen LogP contribution in [0.4, 0.5) is 5.69 Å². The molecule has 0 heterocycles. The van der Waals surface area contributed by atoms with E-state index in [1.165, 1.54) is 11.1 Å². The third kappa shape index (κ3) is 7.27. The van der Waals surface area contributed by atoms with Gasteiger partial charge in [0.2, 0.25) is 15.9 Å². The molecule has 0 spiro atoms. The highest BCUT2D eigenvalue weighted by Crippen LogP contribution is 2.18. The number of aryl methyl sites for hydroxylation is 2. The van der Waals surface area contributed by atoms with Crippen molar-refractivity contribution in [1.29, 1.82) is 0 Å². The fraction of sp³-hybridized carbons (Fsp3) is 0.350. The van der Waals surface area contributed by atoms with Crippen LogP contribution >= 0.6 is 11.8 Å². The van der Waals surface area contributed by atoms with Gasteiger partial charge in [-0.05, 0) is 37.1 Å². The van der Waals surface area contributed by atoms with Crippen LogP contribution in [-0.2, 0) is 20.6 Å². The molecule has 0 aliphatic rings. The summed E-state index contributed by atoms with van der Waals surface area (Å²) in [7, 11) is -3.54. The zero-order valence-corrected chi connectivity index (χ0v) is 17.6. The first-order valence-electron chi connectivity index (χ1n) is 8.70. The second-order valence-electron chi connectivity index (χ2n) is 6.50. The highest BCUT2D eigenvalue weighted by atomic mass is 32.2. The van der Waals surface area contributed by atoms with E-state index in [0.717, 1.165) is 27.6 Å². The fourth-order valence-corrected chi connectivity index (χ4v) is 4.17. The largest absolute Gasteiger partial charge is 0.354 e. The summed E-state index contributed by atoms with van der Waals surface area (Å²) < 4.78 is 25.3. The summed E-state index contributed by atoms with van der Waals surface area (Å²) in [5, 5.41) is 2.80. The highest BCUT2D eigenvalue weighted by molar-refractivity contribution is 7.98. The molecule has 1 N–H and O–H groups in total. The summed E-state index contributed by atoms with van der Waals surface area (Å²) in [5.41, 5.74) is 3.93. The average molecular weight is 407 g/mol. The zero-order chi connectivity index (χ0) is 19.9. The minimum absolute atomic E-state index is 0.217. The van der Waals surface area contributed by atoms with Crippen molar-refractivity contribution in [3.05, 3.63) is 65.2 Å². The van der Waals surface area contributed by atoms with Crippen LogP contribution < -0.4 is 9.62 Å². The van der Waals surface area contributed by atoms with Crippen LogP contribution in [-0.4, -0.2) is 39.4 Å². The Morgan fingerprint density at radius 2 is 1.78 bits per heavy atom. The Kier molecular flexibility index (Phi) is 7.74. The molecule has 2 aromatic carbocycles. The van der Waals surface area contributed by atoms with E-state index in [0.29, 0.717) is 12.2 Å². The Morgan fingerprint density at radius 1 is 1.07 bits per heavy atom. The Labute approximate surface area is 166 Å². The van der Waals surface area contributed by atoms with Crippen LogP contribution in [0.5, 0.6) is 0 Å². The monoisotopic (exact) mass is 406 g/mol. The predicted molar refractivity (Wildman–Crippen MR) is 114 cm³/mol. The number of nitrogens with zero attached hydrogens (tertiary/aromatic N) is 1. The molecule has 2 rings (SSSR count). The SMILES string of the molecule is Cc1ccc(CSCCNC(=O)CN(c2cccc(C)c2)S(C)(=O)=O)cc1. The Hall–Kier alpha value is -1.99.